The fraction of sp³-hybridized carbons (Fsp3) is 0.143. The summed E-state index contributed by atoms with van der Waals surface area (Å²) in [5.74, 6) is 1.26. The lowest BCUT2D eigenvalue weighted by atomic mass is 10.1. The van der Waals surface area contributed by atoms with E-state index in [4.69, 9.17) is 4.74 Å². The van der Waals surface area contributed by atoms with Crippen molar-refractivity contribution in [3.05, 3.63) is 72.7 Å². The topological polar surface area (TPSA) is 85.6 Å². The molecule has 2 aromatic carbocycles. The van der Waals surface area contributed by atoms with E-state index in [9.17, 15) is 8.42 Å². The van der Waals surface area contributed by atoms with Crippen molar-refractivity contribution in [3.63, 3.8) is 0 Å². The number of sulfonamides is 1. The van der Waals surface area contributed by atoms with Gasteiger partial charge in [0.2, 0.25) is 5.78 Å². The van der Waals surface area contributed by atoms with Crippen LogP contribution in [0.3, 0.4) is 0 Å². The van der Waals surface area contributed by atoms with E-state index < -0.39 is 10.0 Å². The van der Waals surface area contributed by atoms with Gasteiger partial charge in [-0.3, -0.25) is 9.12 Å². The SMILES string of the molecule is CCOc1ccc(S(=O)(=O)Nc2ccc(-c3cn4ccc(C)nc4n3)cc2)cc1. The van der Waals surface area contributed by atoms with Gasteiger partial charge in [0.25, 0.3) is 10.0 Å². The summed E-state index contributed by atoms with van der Waals surface area (Å²) in [6.45, 7) is 4.32. The van der Waals surface area contributed by atoms with Gasteiger partial charge in [0.1, 0.15) is 5.75 Å². The maximum absolute atomic E-state index is 12.6. The number of hydrogen-bond acceptors (Lipinski definition) is 5. The Hall–Kier alpha value is -3.39. The molecule has 2 aromatic heterocycles. The smallest absolute Gasteiger partial charge is 0.261 e. The van der Waals surface area contributed by atoms with Crippen molar-refractivity contribution < 1.29 is 13.2 Å². The number of nitrogens with zero attached hydrogens (tertiary/aromatic N) is 3. The average molecular weight is 408 g/mol. The molecule has 2 heterocycles. The maximum atomic E-state index is 12.6. The summed E-state index contributed by atoms with van der Waals surface area (Å²) in [6, 6.07) is 15.3. The second-order valence-electron chi connectivity index (χ2n) is 6.49. The van der Waals surface area contributed by atoms with Crippen LogP contribution in [0.2, 0.25) is 0 Å². The molecule has 4 rings (SSSR count). The Balaban J connectivity index is 1.53. The van der Waals surface area contributed by atoms with Crippen LogP contribution in [0.15, 0.2) is 71.9 Å². The highest BCUT2D eigenvalue weighted by molar-refractivity contribution is 7.92. The van der Waals surface area contributed by atoms with Gasteiger partial charge < -0.3 is 4.74 Å². The predicted molar refractivity (Wildman–Crippen MR) is 112 cm³/mol. The second kappa shape index (κ2) is 7.56. The lowest BCUT2D eigenvalue weighted by Crippen LogP contribution is -2.12. The fourth-order valence-electron chi connectivity index (χ4n) is 2.90. The molecule has 8 heteroatoms. The average Bonchev–Trinajstić information content (AvgIpc) is 3.12. The molecule has 29 heavy (non-hydrogen) atoms. The van der Waals surface area contributed by atoms with Gasteiger partial charge in [-0.25, -0.2) is 18.4 Å². The number of fused-ring (bicyclic) bond motifs is 1. The first-order valence-corrected chi connectivity index (χ1v) is 10.6. The molecule has 0 radical (unpaired) electrons. The molecule has 0 atom stereocenters. The van der Waals surface area contributed by atoms with Crippen molar-refractivity contribution in [1.82, 2.24) is 14.4 Å². The van der Waals surface area contributed by atoms with Crippen LogP contribution in [0.25, 0.3) is 17.0 Å². The molecule has 1 N–H and O–H groups in total. The molecule has 0 fully saturated rings. The third-order valence-corrected chi connectivity index (χ3v) is 5.74. The highest BCUT2D eigenvalue weighted by atomic mass is 32.2. The molecular weight excluding hydrogens is 388 g/mol. The summed E-state index contributed by atoms with van der Waals surface area (Å²) in [5.41, 5.74) is 3.01. The summed E-state index contributed by atoms with van der Waals surface area (Å²) >= 11 is 0. The summed E-state index contributed by atoms with van der Waals surface area (Å²) in [6.07, 6.45) is 3.80. The van der Waals surface area contributed by atoms with Crippen LogP contribution in [0.1, 0.15) is 12.6 Å². The summed E-state index contributed by atoms with van der Waals surface area (Å²) in [4.78, 5) is 9.08. The standard InChI is InChI=1S/C21H20N4O3S/c1-3-28-18-8-10-19(11-9-18)29(26,27)24-17-6-4-16(5-7-17)20-14-25-13-12-15(2)22-21(25)23-20/h4-14,24H,3H2,1-2H3. The quantitative estimate of drug-likeness (QED) is 0.523. The molecule has 0 aliphatic carbocycles. The molecule has 7 nitrogen and oxygen atoms in total. The highest BCUT2D eigenvalue weighted by Crippen LogP contribution is 2.23. The summed E-state index contributed by atoms with van der Waals surface area (Å²) in [5, 5.41) is 0. The van der Waals surface area contributed by atoms with E-state index >= 15 is 0 Å². The Bertz CT molecular complexity index is 1250. The number of hydrogen-bond donors (Lipinski definition) is 1. The van der Waals surface area contributed by atoms with Crippen LogP contribution < -0.4 is 9.46 Å². The largest absolute Gasteiger partial charge is 0.494 e. The normalized spacial score (nSPS) is 11.5. The van der Waals surface area contributed by atoms with Gasteiger partial charge in [0.15, 0.2) is 0 Å². The van der Waals surface area contributed by atoms with E-state index in [1.165, 1.54) is 12.1 Å². The summed E-state index contributed by atoms with van der Waals surface area (Å²) < 4.78 is 35.0. The van der Waals surface area contributed by atoms with Gasteiger partial charge in [-0.2, -0.15) is 0 Å². The molecule has 0 bridgehead atoms. The third kappa shape index (κ3) is 4.07. The van der Waals surface area contributed by atoms with Gasteiger partial charge in [0, 0.05) is 29.3 Å². The van der Waals surface area contributed by atoms with Crippen molar-refractivity contribution in [2.24, 2.45) is 0 Å². The van der Waals surface area contributed by atoms with E-state index in [0.717, 1.165) is 17.0 Å². The van der Waals surface area contributed by atoms with Crippen LogP contribution in [0.5, 0.6) is 5.75 Å². The van der Waals surface area contributed by atoms with Crippen LogP contribution >= 0.6 is 0 Å². The van der Waals surface area contributed by atoms with Crippen LogP contribution in [-0.2, 0) is 10.0 Å². The first kappa shape index (κ1) is 18.9. The third-order valence-electron chi connectivity index (χ3n) is 4.34. The van der Waals surface area contributed by atoms with E-state index in [2.05, 4.69) is 14.7 Å². The van der Waals surface area contributed by atoms with E-state index in [1.54, 1.807) is 24.3 Å². The molecule has 148 valence electrons. The fourth-order valence-corrected chi connectivity index (χ4v) is 3.96. The minimum Gasteiger partial charge on any atom is -0.494 e. The maximum Gasteiger partial charge on any atom is 0.261 e. The molecule has 0 unspecified atom stereocenters. The van der Waals surface area contributed by atoms with Crippen LogP contribution in [0, 0.1) is 6.92 Å². The van der Waals surface area contributed by atoms with Gasteiger partial charge in [-0.15, -0.1) is 0 Å². The van der Waals surface area contributed by atoms with Gasteiger partial charge >= 0.3 is 0 Å². The zero-order valence-electron chi connectivity index (χ0n) is 16.0. The van der Waals surface area contributed by atoms with Crippen LogP contribution in [-0.4, -0.2) is 29.4 Å². The number of anilines is 1. The highest BCUT2D eigenvalue weighted by Gasteiger charge is 2.14. The Kier molecular flexibility index (Phi) is 4.94. The first-order valence-electron chi connectivity index (χ1n) is 9.13. The van der Waals surface area contributed by atoms with Crippen molar-refractivity contribution in [2.75, 3.05) is 11.3 Å². The van der Waals surface area contributed by atoms with Gasteiger partial charge in [0.05, 0.1) is 17.2 Å². The Morgan fingerprint density at radius 3 is 2.41 bits per heavy atom. The molecule has 0 saturated carbocycles. The number of benzene rings is 2. The van der Waals surface area contributed by atoms with Crippen LogP contribution in [0.4, 0.5) is 5.69 Å². The molecule has 4 aromatic rings. The number of aryl methyl sites for hydroxylation is 1. The minimum atomic E-state index is -3.68. The second-order valence-corrected chi connectivity index (χ2v) is 8.17. The molecule has 0 aliphatic rings. The van der Waals surface area contributed by atoms with Gasteiger partial charge in [-0.1, -0.05) is 12.1 Å². The Morgan fingerprint density at radius 1 is 1.00 bits per heavy atom. The monoisotopic (exact) mass is 408 g/mol. The number of imidazole rings is 1. The molecule has 0 amide bonds. The number of nitrogens with one attached hydrogen (secondary N) is 1. The van der Waals surface area contributed by atoms with Crippen molar-refractivity contribution in [2.45, 2.75) is 18.7 Å². The van der Waals surface area contributed by atoms with Crippen molar-refractivity contribution in [1.29, 1.82) is 0 Å². The molecular formula is C21H20N4O3S. The van der Waals surface area contributed by atoms with Gasteiger partial charge in [-0.05, 0) is 56.3 Å². The van der Waals surface area contributed by atoms with E-state index in [1.807, 2.05) is 48.8 Å². The van der Waals surface area contributed by atoms with E-state index in [0.29, 0.717) is 23.8 Å². The van der Waals surface area contributed by atoms with Crippen molar-refractivity contribution in [3.8, 4) is 17.0 Å². The number of ether oxygens (including phenoxy) is 1. The van der Waals surface area contributed by atoms with E-state index in [-0.39, 0.29) is 4.90 Å². The first-order chi connectivity index (χ1) is 13.9. The molecule has 0 aliphatic heterocycles. The zero-order chi connectivity index (χ0) is 20.4. The lowest BCUT2D eigenvalue weighted by Gasteiger charge is -2.09. The lowest BCUT2D eigenvalue weighted by molar-refractivity contribution is 0.340. The minimum absolute atomic E-state index is 0.173. The Morgan fingerprint density at radius 2 is 1.72 bits per heavy atom. The zero-order valence-corrected chi connectivity index (χ0v) is 16.8. The molecule has 0 saturated heterocycles. The predicted octanol–water partition coefficient (Wildman–Crippen LogP) is 3.90. The summed E-state index contributed by atoms with van der Waals surface area (Å²) in [7, 11) is -3.68. The Labute approximate surface area is 169 Å². The van der Waals surface area contributed by atoms with Crippen molar-refractivity contribution >= 4 is 21.5 Å². The number of rotatable bonds is 6. The number of aromatic nitrogens is 3. The molecule has 0 spiro atoms.